The van der Waals surface area contributed by atoms with Crippen LogP contribution in [-0.4, -0.2) is 33.1 Å². The molecule has 0 bridgehead atoms. The lowest BCUT2D eigenvalue weighted by molar-refractivity contribution is -0.219. The van der Waals surface area contributed by atoms with Crippen LogP contribution in [0.15, 0.2) is 0 Å². The van der Waals surface area contributed by atoms with E-state index in [1.165, 1.54) is 0 Å². The molecule has 2 aliphatic rings. The van der Waals surface area contributed by atoms with Gasteiger partial charge in [-0.3, -0.25) is 0 Å². The monoisotopic (exact) mass is 256 g/mol. The van der Waals surface area contributed by atoms with E-state index in [1.807, 2.05) is 13.8 Å². The molecule has 0 aromatic heterocycles. The molecule has 3 unspecified atom stereocenters. The quantitative estimate of drug-likeness (QED) is 0.672. The second kappa shape index (κ2) is 4.46. The number of hydrogen-bond donors (Lipinski definition) is 3. The molecule has 0 heterocycles. The minimum atomic E-state index is -0.860. The van der Waals surface area contributed by atoms with Crippen molar-refractivity contribution in [3.63, 3.8) is 0 Å². The fourth-order valence-corrected chi connectivity index (χ4v) is 4.54. The van der Waals surface area contributed by atoms with Crippen LogP contribution in [0.3, 0.4) is 0 Å². The van der Waals surface area contributed by atoms with E-state index in [0.717, 1.165) is 12.8 Å². The van der Waals surface area contributed by atoms with Gasteiger partial charge in [-0.05, 0) is 44.4 Å². The maximum Gasteiger partial charge on any atom is 0.0679 e. The van der Waals surface area contributed by atoms with E-state index >= 15 is 0 Å². The molecule has 2 rings (SSSR count). The van der Waals surface area contributed by atoms with Crippen molar-refractivity contribution < 1.29 is 15.3 Å². The molecule has 0 aliphatic heterocycles. The second-order valence-corrected chi connectivity index (χ2v) is 7.33. The third kappa shape index (κ3) is 2.00. The Morgan fingerprint density at radius 2 is 1.67 bits per heavy atom. The average molecular weight is 256 g/mol. The van der Waals surface area contributed by atoms with Gasteiger partial charge in [-0.1, -0.05) is 20.8 Å². The van der Waals surface area contributed by atoms with Gasteiger partial charge in [0, 0.05) is 11.3 Å². The van der Waals surface area contributed by atoms with Crippen molar-refractivity contribution >= 4 is 0 Å². The van der Waals surface area contributed by atoms with Gasteiger partial charge in [0.2, 0.25) is 0 Å². The topological polar surface area (TPSA) is 60.7 Å². The van der Waals surface area contributed by atoms with Crippen molar-refractivity contribution in [2.45, 2.75) is 71.2 Å². The number of rotatable bonds is 1. The highest BCUT2D eigenvalue weighted by Crippen LogP contribution is 2.56. The van der Waals surface area contributed by atoms with Crippen LogP contribution in [0.1, 0.15) is 53.4 Å². The Balaban J connectivity index is 2.35. The molecular weight excluding hydrogens is 228 g/mol. The van der Waals surface area contributed by atoms with E-state index in [-0.39, 0.29) is 17.3 Å². The standard InChI is InChI=1S/C15H28O3/c1-9(2)10-5-7-14(3)11(16)6-8-15(4,18)13(14)12(10)17/h9-13,16-18H,5-8H2,1-4H3/t10?,11?,12?,13-,14+,15+/m1/s1. The van der Waals surface area contributed by atoms with Crippen LogP contribution < -0.4 is 0 Å². The van der Waals surface area contributed by atoms with E-state index in [1.54, 1.807) is 0 Å². The van der Waals surface area contributed by atoms with E-state index in [2.05, 4.69) is 13.8 Å². The Bertz CT molecular complexity index is 313. The van der Waals surface area contributed by atoms with Gasteiger partial charge in [-0.2, -0.15) is 0 Å². The van der Waals surface area contributed by atoms with Gasteiger partial charge in [-0.15, -0.1) is 0 Å². The zero-order valence-corrected chi connectivity index (χ0v) is 12.1. The zero-order valence-electron chi connectivity index (χ0n) is 12.1. The molecule has 0 saturated heterocycles. The lowest BCUT2D eigenvalue weighted by Crippen LogP contribution is -2.63. The highest BCUT2D eigenvalue weighted by Gasteiger charge is 2.59. The predicted molar refractivity (Wildman–Crippen MR) is 71.0 cm³/mol. The molecule has 2 saturated carbocycles. The van der Waals surface area contributed by atoms with Crippen molar-refractivity contribution in [2.75, 3.05) is 0 Å². The molecule has 3 N–H and O–H groups in total. The molecule has 106 valence electrons. The SMILES string of the molecule is CC(C)C1CC[C@@]2(C)C(O)CC[C@](C)(O)[C@@H]2C1O. The van der Waals surface area contributed by atoms with Crippen LogP contribution in [0.2, 0.25) is 0 Å². The maximum atomic E-state index is 10.7. The Labute approximate surface area is 110 Å². The lowest BCUT2D eigenvalue weighted by atomic mass is 9.50. The van der Waals surface area contributed by atoms with Gasteiger partial charge >= 0.3 is 0 Å². The first-order chi connectivity index (χ1) is 8.20. The van der Waals surface area contributed by atoms with Crippen molar-refractivity contribution in [3.8, 4) is 0 Å². The van der Waals surface area contributed by atoms with E-state index in [0.29, 0.717) is 18.8 Å². The lowest BCUT2D eigenvalue weighted by Gasteiger charge is -2.58. The van der Waals surface area contributed by atoms with Gasteiger partial charge in [0.05, 0.1) is 17.8 Å². The number of aliphatic hydroxyl groups excluding tert-OH is 2. The molecule has 0 aromatic carbocycles. The van der Waals surface area contributed by atoms with Crippen LogP contribution in [-0.2, 0) is 0 Å². The smallest absolute Gasteiger partial charge is 0.0679 e. The number of aliphatic hydroxyl groups is 3. The highest BCUT2D eigenvalue weighted by molar-refractivity contribution is 5.08. The Morgan fingerprint density at radius 1 is 1.06 bits per heavy atom. The van der Waals surface area contributed by atoms with E-state index in [9.17, 15) is 15.3 Å². The fraction of sp³-hybridized carbons (Fsp3) is 1.00. The summed E-state index contributed by atoms with van der Waals surface area (Å²) in [6, 6.07) is 0. The minimum absolute atomic E-state index is 0.213. The summed E-state index contributed by atoms with van der Waals surface area (Å²) < 4.78 is 0. The minimum Gasteiger partial charge on any atom is -0.393 e. The summed E-state index contributed by atoms with van der Waals surface area (Å²) in [5, 5.41) is 31.6. The summed E-state index contributed by atoms with van der Waals surface area (Å²) in [5.74, 6) is 0.439. The Kier molecular flexibility index (Phi) is 3.54. The molecule has 6 atom stereocenters. The summed E-state index contributed by atoms with van der Waals surface area (Å²) in [6.45, 7) is 8.12. The summed E-state index contributed by atoms with van der Waals surface area (Å²) in [7, 11) is 0. The molecule has 18 heavy (non-hydrogen) atoms. The predicted octanol–water partition coefficient (Wildman–Crippen LogP) is 1.94. The van der Waals surface area contributed by atoms with Crippen molar-refractivity contribution in [1.82, 2.24) is 0 Å². The van der Waals surface area contributed by atoms with Gasteiger partial charge in [0.25, 0.3) is 0 Å². The van der Waals surface area contributed by atoms with Gasteiger partial charge in [0.1, 0.15) is 0 Å². The molecule has 0 amide bonds. The second-order valence-electron chi connectivity index (χ2n) is 7.33. The van der Waals surface area contributed by atoms with Crippen LogP contribution in [0, 0.1) is 23.2 Å². The first-order valence-electron chi connectivity index (χ1n) is 7.28. The molecule has 3 heteroatoms. The Hall–Kier alpha value is -0.120. The van der Waals surface area contributed by atoms with Crippen molar-refractivity contribution in [2.24, 2.45) is 23.2 Å². The molecule has 3 nitrogen and oxygen atoms in total. The van der Waals surface area contributed by atoms with Gasteiger partial charge < -0.3 is 15.3 Å². The molecule has 0 spiro atoms. The van der Waals surface area contributed by atoms with Gasteiger partial charge in [0.15, 0.2) is 0 Å². The third-order valence-electron chi connectivity index (χ3n) is 5.72. The summed E-state index contributed by atoms with van der Waals surface area (Å²) in [6.07, 6.45) is 2.16. The van der Waals surface area contributed by atoms with Crippen LogP contribution >= 0.6 is 0 Å². The van der Waals surface area contributed by atoms with Crippen LogP contribution in [0.5, 0.6) is 0 Å². The zero-order chi connectivity index (χ0) is 13.7. The summed E-state index contributed by atoms with van der Waals surface area (Å²) in [5.41, 5.74) is -1.20. The van der Waals surface area contributed by atoms with Crippen LogP contribution in [0.25, 0.3) is 0 Å². The highest BCUT2D eigenvalue weighted by atomic mass is 16.3. The number of fused-ring (bicyclic) bond motifs is 1. The molecule has 0 aromatic rings. The average Bonchev–Trinajstić information content (AvgIpc) is 2.23. The first-order valence-corrected chi connectivity index (χ1v) is 7.28. The summed E-state index contributed by atoms with van der Waals surface area (Å²) in [4.78, 5) is 0. The number of hydrogen-bond acceptors (Lipinski definition) is 3. The molecule has 2 fully saturated rings. The third-order valence-corrected chi connectivity index (χ3v) is 5.72. The van der Waals surface area contributed by atoms with E-state index in [4.69, 9.17) is 0 Å². The maximum absolute atomic E-state index is 10.7. The largest absolute Gasteiger partial charge is 0.393 e. The first kappa shape index (κ1) is 14.3. The van der Waals surface area contributed by atoms with Crippen molar-refractivity contribution in [3.05, 3.63) is 0 Å². The molecular formula is C15H28O3. The normalized spacial score (nSPS) is 53.3. The van der Waals surface area contributed by atoms with Gasteiger partial charge in [-0.25, -0.2) is 0 Å². The fourth-order valence-electron chi connectivity index (χ4n) is 4.54. The Morgan fingerprint density at radius 3 is 2.22 bits per heavy atom. The molecule has 0 radical (unpaired) electrons. The van der Waals surface area contributed by atoms with E-state index < -0.39 is 17.8 Å². The summed E-state index contributed by atoms with van der Waals surface area (Å²) >= 11 is 0. The van der Waals surface area contributed by atoms with Crippen LogP contribution in [0.4, 0.5) is 0 Å². The molecule has 2 aliphatic carbocycles. The van der Waals surface area contributed by atoms with Crippen molar-refractivity contribution in [1.29, 1.82) is 0 Å².